The summed E-state index contributed by atoms with van der Waals surface area (Å²) >= 11 is 0. The number of benzene rings is 1. The zero-order valence-electron chi connectivity index (χ0n) is 12.0. The van der Waals surface area contributed by atoms with E-state index in [9.17, 15) is 9.18 Å². The van der Waals surface area contributed by atoms with Crippen molar-refractivity contribution in [1.29, 1.82) is 0 Å². The number of hydrogen-bond donors (Lipinski definition) is 1. The Labute approximate surface area is 126 Å². The van der Waals surface area contributed by atoms with Crippen LogP contribution in [0.25, 0.3) is 0 Å². The number of rotatable bonds is 1. The van der Waals surface area contributed by atoms with E-state index in [1.807, 2.05) is 6.92 Å². The molecule has 1 aromatic carbocycles. The first kappa shape index (κ1) is 13.2. The molecular formula is C16H15FN4O. The second-order valence-electron chi connectivity index (χ2n) is 5.90. The monoisotopic (exact) mass is 298 g/mol. The van der Waals surface area contributed by atoms with Crippen LogP contribution in [-0.4, -0.2) is 20.5 Å². The van der Waals surface area contributed by atoms with Crippen LogP contribution in [0.15, 0.2) is 42.4 Å². The number of Topliss-reactive ketones (excluding diaryl/α,β-unsaturated/α-hetero) is 1. The van der Waals surface area contributed by atoms with Gasteiger partial charge in [0, 0.05) is 12.1 Å². The fourth-order valence-corrected chi connectivity index (χ4v) is 3.36. The molecule has 0 amide bonds. The summed E-state index contributed by atoms with van der Waals surface area (Å²) in [5.74, 6) is 0.369. The van der Waals surface area contributed by atoms with Crippen LogP contribution in [0.2, 0.25) is 0 Å². The van der Waals surface area contributed by atoms with Crippen LogP contribution in [-0.2, 0) is 4.79 Å². The lowest BCUT2D eigenvalue weighted by Gasteiger charge is -2.37. The van der Waals surface area contributed by atoms with Gasteiger partial charge in [0.25, 0.3) is 0 Å². The molecule has 1 aliphatic heterocycles. The Morgan fingerprint density at radius 2 is 2.09 bits per heavy atom. The van der Waals surface area contributed by atoms with E-state index in [-0.39, 0.29) is 29.5 Å². The standard InChI is InChI=1S/C16H15FN4O/c1-9-6-12-14(13(22)7-9)15(10-2-4-11(17)5-3-10)21-16(20-12)18-8-19-21/h2-6,8-9,14-15H,7H2,1H3,(H,18,19,20)/t9-,14+,15+/m1/s1. The number of carbonyl (C=O) groups excluding carboxylic acids is 1. The van der Waals surface area contributed by atoms with Gasteiger partial charge in [0.15, 0.2) is 0 Å². The van der Waals surface area contributed by atoms with Crippen LogP contribution in [0.4, 0.5) is 10.3 Å². The molecule has 0 fully saturated rings. The third-order valence-corrected chi connectivity index (χ3v) is 4.29. The van der Waals surface area contributed by atoms with Gasteiger partial charge in [-0.05, 0) is 23.6 Å². The Hall–Kier alpha value is -2.50. The summed E-state index contributed by atoms with van der Waals surface area (Å²) in [7, 11) is 0. The van der Waals surface area contributed by atoms with Crippen molar-refractivity contribution in [3.63, 3.8) is 0 Å². The summed E-state index contributed by atoms with van der Waals surface area (Å²) in [5.41, 5.74) is 1.73. The maximum atomic E-state index is 13.2. The summed E-state index contributed by atoms with van der Waals surface area (Å²) in [6, 6.07) is 5.95. The highest BCUT2D eigenvalue weighted by Crippen LogP contribution is 2.41. The Balaban J connectivity index is 1.88. The van der Waals surface area contributed by atoms with Gasteiger partial charge < -0.3 is 5.32 Å². The fraction of sp³-hybridized carbons (Fsp3) is 0.312. The molecule has 22 heavy (non-hydrogen) atoms. The maximum Gasteiger partial charge on any atom is 0.226 e. The molecule has 3 atom stereocenters. The number of carbonyl (C=O) groups is 1. The van der Waals surface area contributed by atoms with Crippen LogP contribution in [0.3, 0.4) is 0 Å². The minimum atomic E-state index is -0.323. The maximum absolute atomic E-state index is 13.2. The van der Waals surface area contributed by atoms with Crippen molar-refractivity contribution < 1.29 is 9.18 Å². The van der Waals surface area contributed by atoms with Crippen molar-refractivity contribution in [3.8, 4) is 0 Å². The Morgan fingerprint density at radius 3 is 2.86 bits per heavy atom. The quantitative estimate of drug-likeness (QED) is 0.879. The van der Waals surface area contributed by atoms with Crippen molar-refractivity contribution in [3.05, 3.63) is 53.7 Å². The molecule has 2 aromatic rings. The molecule has 4 rings (SSSR count). The Kier molecular flexibility index (Phi) is 2.85. The Bertz CT molecular complexity index is 765. The molecule has 5 nitrogen and oxygen atoms in total. The zero-order valence-corrected chi connectivity index (χ0v) is 12.0. The normalized spacial score (nSPS) is 26.7. The molecule has 6 heteroatoms. The molecule has 1 N–H and O–H groups in total. The van der Waals surface area contributed by atoms with Gasteiger partial charge in [-0.3, -0.25) is 4.79 Å². The van der Waals surface area contributed by atoms with Crippen molar-refractivity contribution in [2.45, 2.75) is 19.4 Å². The molecular weight excluding hydrogens is 283 g/mol. The van der Waals surface area contributed by atoms with E-state index in [1.165, 1.54) is 18.5 Å². The lowest BCUT2D eigenvalue weighted by molar-refractivity contribution is -0.123. The number of ketones is 1. The third kappa shape index (κ3) is 1.94. The van der Waals surface area contributed by atoms with Gasteiger partial charge in [0.05, 0.1) is 12.0 Å². The molecule has 0 unspecified atom stereocenters. The lowest BCUT2D eigenvalue weighted by atomic mass is 9.78. The molecule has 2 aliphatic rings. The van der Waals surface area contributed by atoms with E-state index < -0.39 is 0 Å². The van der Waals surface area contributed by atoms with Gasteiger partial charge in [-0.25, -0.2) is 9.07 Å². The number of anilines is 1. The van der Waals surface area contributed by atoms with Crippen LogP contribution < -0.4 is 5.32 Å². The highest BCUT2D eigenvalue weighted by molar-refractivity contribution is 5.87. The Morgan fingerprint density at radius 1 is 1.32 bits per heavy atom. The number of aromatic nitrogens is 3. The summed E-state index contributed by atoms with van der Waals surface area (Å²) in [4.78, 5) is 16.8. The number of halogens is 1. The molecule has 0 saturated heterocycles. The zero-order chi connectivity index (χ0) is 15.3. The van der Waals surface area contributed by atoms with Crippen molar-refractivity contribution in [1.82, 2.24) is 14.8 Å². The summed E-state index contributed by atoms with van der Waals surface area (Å²) in [6.45, 7) is 2.02. The van der Waals surface area contributed by atoms with Gasteiger partial charge >= 0.3 is 0 Å². The third-order valence-electron chi connectivity index (χ3n) is 4.29. The van der Waals surface area contributed by atoms with Gasteiger partial charge in [0.1, 0.15) is 17.9 Å². The van der Waals surface area contributed by atoms with Crippen LogP contribution in [0.5, 0.6) is 0 Å². The van der Waals surface area contributed by atoms with Crippen LogP contribution >= 0.6 is 0 Å². The van der Waals surface area contributed by atoms with E-state index >= 15 is 0 Å². The van der Waals surface area contributed by atoms with Crippen LogP contribution in [0.1, 0.15) is 24.9 Å². The smallest absolute Gasteiger partial charge is 0.226 e. The SMILES string of the molecule is C[C@@H]1C=C2Nc3ncnn3[C@@H](c3ccc(F)cc3)[C@@H]2C(=O)C1. The topological polar surface area (TPSA) is 59.8 Å². The summed E-state index contributed by atoms with van der Waals surface area (Å²) in [5, 5.41) is 7.46. The second-order valence-corrected chi connectivity index (χ2v) is 5.90. The summed E-state index contributed by atoms with van der Waals surface area (Å²) in [6.07, 6.45) is 4.06. The highest BCUT2D eigenvalue weighted by Gasteiger charge is 2.42. The average Bonchev–Trinajstić information content (AvgIpc) is 2.93. The fourth-order valence-electron chi connectivity index (χ4n) is 3.36. The average molecular weight is 298 g/mol. The first-order chi connectivity index (χ1) is 10.6. The molecule has 0 radical (unpaired) electrons. The van der Waals surface area contributed by atoms with E-state index in [0.717, 1.165) is 11.3 Å². The highest BCUT2D eigenvalue weighted by atomic mass is 19.1. The minimum Gasteiger partial charge on any atom is -0.328 e. The largest absolute Gasteiger partial charge is 0.328 e. The van der Waals surface area contributed by atoms with Gasteiger partial charge in [-0.2, -0.15) is 10.1 Å². The molecule has 0 bridgehead atoms. The van der Waals surface area contributed by atoms with Gasteiger partial charge in [-0.1, -0.05) is 25.1 Å². The number of allylic oxidation sites excluding steroid dienone is 2. The molecule has 0 saturated carbocycles. The number of nitrogens with one attached hydrogen (secondary N) is 1. The number of hydrogen-bond acceptors (Lipinski definition) is 4. The van der Waals surface area contributed by atoms with Crippen LogP contribution in [0, 0.1) is 17.7 Å². The van der Waals surface area contributed by atoms with Gasteiger partial charge in [0.2, 0.25) is 5.95 Å². The first-order valence-corrected chi connectivity index (χ1v) is 7.30. The van der Waals surface area contributed by atoms with E-state index in [1.54, 1.807) is 16.8 Å². The predicted molar refractivity (Wildman–Crippen MR) is 78.5 cm³/mol. The molecule has 1 aromatic heterocycles. The number of fused-ring (bicyclic) bond motifs is 2. The molecule has 112 valence electrons. The second kappa shape index (κ2) is 4.76. The van der Waals surface area contributed by atoms with Crippen molar-refractivity contribution in [2.75, 3.05) is 5.32 Å². The van der Waals surface area contributed by atoms with Crippen molar-refractivity contribution >= 4 is 11.7 Å². The predicted octanol–water partition coefficient (Wildman–Crippen LogP) is 2.54. The molecule has 1 aliphatic carbocycles. The summed E-state index contributed by atoms with van der Waals surface area (Å²) < 4.78 is 14.9. The van der Waals surface area contributed by atoms with E-state index in [2.05, 4.69) is 21.5 Å². The van der Waals surface area contributed by atoms with Gasteiger partial charge in [-0.15, -0.1) is 0 Å². The molecule has 2 heterocycles. The van der Waals surface area contributed by atoms with Crippen molar-refractivity contribution in [2.24, 2.45) is 11.8 Å². The lowest BCUT2D eigenvalue weighted by Crippen LogP contribution is -2.40. The van der Waals surface area contributed by atoms with E-state index in [0.29, 0.717) is 12.4 Å². The number of nitrogens with zero attached hydrogens (tertiary/aromatic N) is 3. The first-order valence-electron chi connectivity index (χ1n) is 7.30. The minimum absolute atomic E-state index is 0.174. The molecule has 0 spiro atoms. The van der Waals surface area contributed by atoms with E-state index in [4.69, 9.17) is 0 Å².